The van der Waals surface area contributed by atoms with Crippen LogP contribution in [0.1, 0.15) is 31.1 Å². The average molecular weight is 294 g/mol. The van der Waals surface area contributed by atoms with Gasteiger partial charge in [-0.15, -0.1) is 0 Å². The lowest BCUT2D eigenvalue weighted by Crippen LogP contribution is -1.99. The van der Waals surface area contributed by atoms with Gasteiger partial charge in [-0.2, -0.15) is 0 Å². The molecule has 0 aliphatic rings. The maximum absolute atomic E-state index is 5.44. The molecule has 0 atom stereocenters. The number of furan rings is 1. The Bertz CT molecular complexity index is 490. The minimum atomic E-state index is 0.550. The summed E-state index contributed by atoms with van der Waals surface area (Å²) in [7, 11) is 0. The zero-order chi connectivity index (χ0) is 12.3. The molecule has 0 saturated carbocycles. The zero-order valence-electron chi connectivity index (χ0n) is 10.0. The normalized spacial score (nSPS) is 10.8. The lowest BCUT2D eigenvalue weighted by Gasteiger charge is -2.09. The summed E-state index contributed by atoms with van der Waals surface area (Å²) in [5, 5.41) is 3.35. The van der Waals surface area contributed by atoms with Crippen molar-refractivity contribution >= 4 is 21.6 Å². The average Bonchev–Trinajstić information content (AvgIpc) is 2.73. The van der Waals surface area contributed by atoms with Crippen molar-refractivity contribution in [1.29, 1.82) is 0 Å². The third-order valence-corrected chi connectivity index (χ3v) is 3.08. The van der Waals surface area contributed by atoms with Crippen LogP contribution in [0.25, 0.3) is 0 Å². The molecule has 0 spiro atoms. The smallest absolute Gasteiger partial charge is 0.169 e. The number of rotatable bonds is 4. The molecular weight excluding hydrogens is 278 g/mol. The van der Waals surface area contributed by atoms with Gasteiger partial charge in [0.25, 0.3) is 0 Å². The van der Waals surface area contributed by atoms with Crippen molar-refractivity contribution in [1.82, 2.24) is 0 Å². The molecule has 1 N–H and O–H groups in total. The van der Waals surface area contributed by atoms with E-state index >= 15 is 0 Å². The molecule has 1 heterocycles. The second kappa shape index (κ2) is 5.41. The number of nitrogens with one attached hydrogen (secondary N) is 1. The maximum Gasteiger partial charge on any atom is 0.169 e. The standard InChI is InChI=1S/C14H16BrNO/c1-10(2)11-4-3-5-12(8-11)16-9-13-6-7-14(15)17-13/h3-8,10,16H,9H2,1-2H3. The molecule has 3 heteroatoms. The monoisotopic (exact) mass is 293 g/mol. The highest BCUT2D eigenvalue weighted by molar-refractivity contribution is 9.10. The van der Waals surface area contributed by atoms with Gasteiger partial charge >= 0.3 is 0 Å². The number of anilines is 1. The highest BCUT2D eigenvalue weighted by Gasteiger charge is 2.02. The van der Waals surface area contributed by atoms with Gasteiger partial charge in [0.1, 0.15) is 5.76 Å². The predicted molar refractivity (Wildman–Crippen MR) is 74.3 cm³/mol. The molecule has 0 unspecified atom stereocenters. The van der Waals surface area contributed by atoms with Gasteiger partial charge in [-0.25, -0.2) is 0 Å². The molecular formula is C14H16BrNO. The van der Waals surface area contributed by atoms with Gasteiger partial charge in [-0.1, -0.05) is 26.0 Å². The van der Waals surface area contributed by atoms with E-state index in [2.05, 4.69) is 59.4 Å². The lowest BCUT2D eigenvalue weighted by molar-refractivity contribution is 0.495. The summed E-state index contributed by atoms with van der Waals surface area (Å²) < 4.78 is 6.21. The SMILES string of the molecule is CC(C)c1cccc(NCc2ccc(Br)o2)c1. The van der Waals surface area contributed by atoms with Crippen LogP contribution in [0.2, 0.25) is 0 Å². The van der Waals surface area contributed by atoms with Crippen LogP contribution in [0.15, 0.2) is 45.5 Å². The van der Waals surface area contributed by atoms with E-state index in [4.69, 9.17) is 4.42 Å². The van der Waals surface area contributed by atoms with Gasteiger partial charge in [-0.3, -0.25) is 0 Å². The van der Waals surface area contributed by atoms with Crippen LogP contribution in [0.4, 0.5) is 5.69 Å². The molecule has 90 valence electrons. The molecule has 0 radical (unpaired) electrons. The first-order chi connectivity index (χ1) is 8.15. The Kier molecular flexibility index (Phi) is 3.89. The van der Waals surface area contributed by atoms with Crippen LogP contribution in [0.3, 0.4) is 0 Å². The molecule has 0 bridgehead atoms. The third-order valence-electron chi connectivity index (χ3n) is 2.65. The fourth-order valence-electron chi connectivity index (χ4n) is 1.64. The van der Waals surface area contributed by atoms with Gasteiger partial charge in [0, 0.05) is 5.69 Å². The van der Waals surface area contributed by atoms with Crippen molar-refractivity contribution in [2.45, 2.75) is 26.3 Å². The fourth-order valence-corrected chi connectivity index (χ4v) is 1.98. The lowest BCUT2D eigenvalue weighted by atomic mass is 10.0. The van der Waals surface area contributed by atoms with E-state index < -0.39 is 0 Å². The van der Waals surface area contributed by atoms with Crippen molar-refractivity contribution in [3.63, 3.8) is 0 Å². The molecule has 0 saturated heterocycles. The second-order valence-corrected chi connectivity index (χ2v) is 5.12. The van der Waals surface area contributed by atoms with Crippen molar-refractivity contribution in [3.8, 4) is 0 Å². The van der Waals surface area contributed by atoms with E-state index in [1.54, 1.807) is 0 Å². The van der Waals surface area contributed by atoms with E-state index in [9.17, 15) is 0 Å². The summed E-state index contributed by atoms with van der Waals surface area (Å²) in [6, 6.07) is 12.4. The molecule has 0 amide bonds. The molecule has 0 aliphatic carbocycles. The van der Waals surface area contributed by atoms with E-state index in [0.29, 0.717) is 12.5 Å². The van der Waals surface area contributed by atoms with Crippen molar-refractivity contribution < 1.29 is 4.42 Å². The first-order valence-electron chi connectivity index (χ1n) is 5.73. The number of benzene rings is 1. The Labute approximate surface area is 110 Å². The van der Waals surface area contributed by atoms with Gasteiger partial charge < -0.3 is 9.73 Å². The Morgan fingerprint density at radius 3 is 2.71 bits per heavy atom. The van der Waals surface area contributed by atoms with Crippen LogP contribution in [-0.2, 0) is 6.54 Å². The summed E-state index contributed by atoms with van der Waals surface area (Å²) in [5.74, 6) is 1.47. The molecule has 2 nitrogen and oxygen atoms in total. The van der Waals surface area contributed by atoms with E-state index in [1.807, 2.05) is 12.1 Å². The Morgan fingerprint density at radius 2 is 2.06 bits per heavy atom. The summed E-state index contributed by atoms with van der Waals surface area (Å²) in [5.41, 5.74) is 2.47. The second-order valence-electron chi connectivity index (χ2n) is 4.34. The minimum absolute atomic E-state index is 0.550. The number of halogens is 1. The van der Waals surface area contributed by atoms with Crippen LogP contribution < -0.4 is 5.32 Å². The fraction of sp³-hybridized carbons (Fsp3) is 0.286. The van der Waals surface area contributed by atoms with Crippen LogP contribution in [0.5, 0.6) is 0 Å². The highest BCUT2D eigenvalue weighted by atomic mass is 79.9. The first kappa shape index (κ1) is 12.2. The molecule has 2 aromatic rings. The predicted octanol–water partition coefficient (Wildman–Crippen LogP) is 4.78. The Morgan fingerprint density at radius 1 is 1.24 bits per heavy atom. The highest BCUT2D eigenvalue weighted by Crippen LogP contribution is 2.20. The third kappa shape index (κ3) is 3.37. The van der Waals surface area contributed by atoms with Crippen LogP contribution in [-0.4, -0.2) is 0 Å². The minimum Gasteiger partial charge on any atom is -0.452 e. The summed E-state index contributed by atoms with van der Waals surface area (Å²) in [4.78, 5) is 0. The molecule has 2 rings (SSSR count). The molecule has 0 aliphatic heterocycles. The summed E-state index contributed by atoms with van der Waals surface area (Å²) in [6.45, 7) is 5.10. The van der Waals surface area contributed by atoms with Gasteiger partial charge in [0.05, 0.1) is 6.54 Å². The Balaban J connectivity index is 2.01. The van der Waals surface area contributed by atoms with Crippen molar-refractivity contribution in [2.24, 2.45) is 0 Å². The molecule has 1 aromatic heterocycles. The molecule has 17 heavy (non-hydrogen) atoms. The largest absolute Gasteiger partial charge is 0.452 e. The maximum atomic E-state index is 5.44. The van der Waals surface area contributed by atoms with E-state index in [0.717, 1.165) is 16.1 Å². The van der Waals surface area contributed by atoms with Crippen LogP contribution in [0, 0.1) is 0 Å². The summed E-state index contributed by atoms with van der Waals surface area (Å²) >= 11 is 3.29. The zero-order valence-corrected chi connectivity index (χ0v) is 11.6. The first-order valence-corrected chi connectivity index (χ1v) is 6.52. The quantitative estimate of drug-likeness (QED) is 0.878. The summed E-state index contributed by atoms with van der Waals surface area (Å²) in [6.07, 6.45) is 0. The van der Waals surface area contributed by atoms with Crippen LogP contribution >= 0.6 is 15.9 Å². The van der Waals surface area contributed by atoms with Gasteiger partial charge in [-0.05, 0) is 51.7 Å². The topological polar surface area (TPSA) is 25.2 Å². The number of hydrogen-bond acceptors (Lipinski definition) is 2. The van der Waals surface area contributed by atoms with E-state index in [1.165, 1.54) is 5.56 Å². The van der Waals surface area contributed by atoms with Crippen molar-refractivity contribution in [3.05, 3.63) is 52.4 Å². The van der Waals surface area contributed by atoms with E-state index in [-0.39, 0.29) is 0 Å². The van der Waals surface area contributed by atoms with Gasteiger partial charge in [0.2, 0.25) is 0 Å². The number of hydrogen-bond donors (Lipinski definition) is 1. The molecule has 1 aromatic carbocycles. The van der Waals surface area contributed by atoms with Crippen molar-refractivity contribution in [2.75, 3.05) is 5.32 Å². The molecule has 0 fully saturated rings. The Hall–Kier alpha value is -1.22. The van der Waals surface area contributed by atoms with Gasteiger partial charge in [0.15, 0.2) is 4.67 Å².